The van der Waals surface area contributed by atoms with Gasteiger partial charge in [-0.05, 0) is 66.3 Å². The van der Waals surface area contributed by atoms with Gasteiger partial charge in [-0.15, -0.1) is 11.3 Å². The van der Waals surface area contributed by atoms with Crippen LogP contribution in [-0.4, -0.2) is 47.8 Å². The third-order valence-electron chi connectivity index (χ3n) is 7.15. The highest BCUT2D eigenvalue weighted by atomic mass is 32.1. The van der Waals surface area contributed by atoms with Gasteiger partial charge in [-0.25, -0.2) is 0 Å². The van der Waals surface area contributed by atoms with Crippen molar-refractivity contribution in [3.05, 3.63) is 83.2 Å². The van der Waals surface area contributed by atoms with E-state index in [1.165, 1.54) is 10.4 Å². The van der Waals surface area contributed by atoms with E-state index in [2.05, 4.69) is 46.7 Å². The van der Waals surface area contributed by atoms with E-state index >= 15 is 0 Å². The maximum atomic E-state index is 13.1. The zero-order chi connectivity index (χ0) is 22.6. The Kier molecular flexibility index (Phi) is 6.58. The first-order valence-electron chi connectivity index (χ1n) is 12.0. The van der Waals surface area contributed by atoms with Crippen LogP contribution in [-0.2, 0) is 4.79 Å². The Balaban J connectivity index is 1.12. The minimum Gasteiger partial charge on any atom is -0.342 e. The summed E-state index contributed by atoms with van der Waals surface area (Å²) in [7, 11) is 0. The number of carbonyl (C=O) groups excluding carboxylic acids is 2. The largest absolute Gasteiger partial charge is 0.342 e. The molecule has 5 rings (SSSR count). The summed E-state index contributed by atoms with van der Waals surface area (Å²) in [5.74, 6) is 0.959. The molecule has 2 aliphatic rings. The van der Waals surface area contributed by atoms with Gasteiger partial charge in [-0.1, -0.05) is 48.5 Å². The van der Waals surface area contributed by atoms with Crippen molar-refractivity contribution in [2.45, 2.75) is 31.6 Å². The van der Waals surface area contributed by atoms with Crippen molar-refractivity contribution >= 4 is 23.2 Å². The van der Waals surface area contributed by atoms with Crippen LogP contribution < -0.4 is 0 Å². The highest BCUT2D eigenvalue weighted by molar-refractivity contribution is 7.13. The number of carbonyl (C=O) groups is 2. The van der Waals surface area contributed by atoms with Gasteiger partial charge in [0.15, 0.2) is 0 Å². The Morgan fingerprint density at radius 1 is 0.727 bits per heavy atom. The molecule has 3 aromatic rings. The predicted octanol–water partition coefficient (Wildman–Crippen LogP) is 5.67. The van der Waals surface area contributed by atoms with Crippen LogP contribution in [0.1, 0.15) is 47.5 Å². The molecule has 2 fully saturated rings. The molecule has 1 aromatic heterocycles. The summed E-state index contributed by atoms with van der Waals surface area (Å²) in [6.07, 6.45) is 3.59. The number of hydrogen-bond acceptors (Lipinski definition) is 3. The summed E-state index contributed by atoms with van der Waals surface area (Å²) in [5, 5.41) is 2.06. The smallest absolute Gasteiger partial charge is 0.253 e. The molecule has 2 aliphatic heterocycles. The number of amides is 2. The standard InChI is InChI=1S/C28H30N2O2S/c31-27(24-10-8-23(9-11-24)26-7-4-20-33-26)30-18-14-25(15-19-30)28(32)29-16-12-22(13-17-29)21-5-2-1-3-6-21/h1-11,20,22,25H,12-19H2. The van der Waals surface area contributed by atoms with Crippen LogP contribution in [0.3, 0.4) is 0 Å². The quantitative estimate of drug-likeness (QED) is 0.505. The molecule has 0 spiro atoms. The fraction of sp³-hybridized carbons (Fsp3) is 0.357. The topological polar surface area (TPSA) is 40.6 Å². The molecule has 4 nitrogen and oxygen atoms in total. The average molecular weight is 459 g/mol. The minimum absolute atomic E-state index is 0.0449. The van der Waals surface area contributed by atoms with Gasteiger partial charge in [-0.2, -0.15) is 0 Å². The van der Waals surface area contributed by atoms with E-state index in [0.29, 0.717) is 19.0 Å². The average Bonchev–Trinajstić information content (AvgIpc) is 3.44. The van der Waals surface area contributed by atoms with E-state index in [0.717, 1.165) is 49.9 Å². The van der Waals surface area contributed by atoms with Gasteiger partial charge >= 0.3 is 0 Å². The second kappa shape index (κ2) is 9.92. The Hall–Kier alpha value is -2.92. The fourth-order valence-electron chi connectivity index (χ4n) is 5.15. The second-order valence-corrected chi connectivity index (χ2v) is 10.1. The molecular formula is C28H30N2O2S. The molecule has 0 radical (unpaired) electrons. The highest BCUT2D eigenvalue weighted by Crippen LogP contribution is 2.30. The van der Waals surface area contributed by atoms with E-state index in [4.69, 9.17) is 0 Å². The van der Waals surface area contributed by atoms with Crippen molar-refractivity contribution in [2.75, 3.05) is 26.2 Å². The third kappa shape index (κ3) is 4.88. The fourth-order valence-corrected chi connectivity index (χ4v) is 5.88. The molecule has 0 N–H and O–H groups in total. The van der Waals surface area contributed by atoms with Gasteiger partial charge in [0.05, 0.1) is 0 Å². The van der Waals surface area contributed by atoms with E-state index in [1.807, 2.05) is 35.2 Å². The van der Waals surface area contributed by atoms with Crippen LogP contribution in [0.4, 0.5) is 0 Å². The molecule has 2 amide bonds. The van der Waals surface area contributed by atoms with Crippen LogP contribution >= 0.6 is 11.3 Å². The lowest BCUT2D eigenvalue weighted by Gasteiger charge is -2.37. The van der Waals surface area contributed by atoms with E-state index in [-0.39, 0.29) is 17.7 Å². The molecule has 0 atom stereocenters. The molecule has 3 heterocycles. The van der Waals surface area contributed by atoms with Crippen LogP contribution in [0, 0.1) is 5.92 Å². The molecule has 0 saturated carbocycles. The predicted molar refractivity (Wildman–Crippen MR) is 133 cm³/mol. The van der Waals surface area contributed by atoms with Crippen LogP contribution in [0.25, 0.3) is 10.4 Å². The molecule has 0 aliphatic carbocycles. The minimum atomic E-state index is 0.0449. The van der Waals surface area contributed by atoms with Crippen molar-refractivity contribution in [1.29, 1.82) is 0 Å². The number of thiophene rings is 1. The lowest BCUT2D eigenvalue weighted by molar-refractivity contribution is -0.138. The molecule has 170 valence electrons. The van der Waals surface area contributed by atoms with Crippen molar-refractivity contribution in [3.63, 3.8) is 0 Å². The molecule has 0 unspecified atom stereocenters. The number of benzene rings is 2. The Bertz CT molecular complexity index is 1060. The molecule has 5 heteroatoms. The van der Waals surface area contributed by atoms with E-state index < -0.39 is 0 Å². The van der Waals surface area contributed by atoms with Crippen molar-refractivity contribution < 1.29 is 9.59 Å². The van der Waals surface area contributed by atoms with Gasteiger partial charge in [0.2, 0.25) is 5.91 Å². The zero-order valence-electron chi connectivity index (χ0n) is 18.9. The monoisotopic (exact) mass is 458 g/mol. The molecule has 33 heavy (non-hydrogen) atoms. The normalized spacial score (nSPS) is 17.8. The number of likely N-dealkylation sites (tertiary alicyclic amines) is 2. The van der Waals surface area contributed by atoms with Crippen LogP contribution in [0.15, 0.2) is 72.1 Å². The first kappa shape index (κ1) is 21.9. The Morgan fingerprint density at radius 3 is 2.03 bits per heavy atom. The molecule has 2 saturated heterocycles. The SMILES string of the molecule is O=C(c1ccc(-c2cccs2)cc1)N1CCC(C(=O)N2CCC(c3ccccc3)CC2)CC1. The summed E-state index contributed by atoms with van der Waals surface area (Å²) in [4.78, 5) is 31.3. The summed E-state index contributed by atoms with van der Waals surface area (Å²) >= 11 is 1.70. The van der Waals surface area contributed by atoms with Crippen molar-refractivity contribution in [1.82, 2.24) is 9.80 Å². The maximum Gasteiger partial charge on any atom is 0.253 e. The molecular weight excluding hydrogens is 428 g/mol. The summed E-state index contributed by atoms with van der Waals surface area (Å²) in [6, 6.07) is 22.7. The summed E-state index contributed by atoms with van der Waals surface area (Å²) < 4.78 is 0. The van der Waals surface area contributed by atoms with Crippen molar-refractivity contribution in [3.8, 4) is 10.4 Å². The first-order valence-corrected chi connectivity index (χ1v) is 12.8. The third-order valence-corrected chi connectivity index (χ3v) is 8.07. The molecule has 0 bridgehead atoms. The Morgan fingerprint density at radius 2 is 1.39 bits per heavy atom. The number of rotatable bonds is 4. The van der Waals surface area contributed by atoms with Gasteiger partial charge < -0.3 is 9.80 Å². The van der Waals surface area contributed by atoms with Gasteiger partial charge in [-0.3, -0.25) is 9.59 Å². The van der Waals surface area contributed by atoms with Gasteiger partial charge in [0, 0.05) is 42.5 Å². The van der Waals surface area contributed by atoms with Crippen molar-refractivity contribution in [2.24, 2.45) is 5.92 Å². The van der Waals surface area contributed by atoms with Crippen LogP contribution in [0.5, 0.6) is 0 Å². The van der Waals surface area contributed by atoms with Crippen LogP contribution in [0.2, 0.25) is 0 Å². The molecule has 2 aromatic carbocycles. The lowest BCUT2D eigenvalue weighted by atomic mass is 9.88. The highest BCUT2D eigenvalue weighted by Gasteiger charge is 2.32. The summed E-state index contributed by atoms with van der Waals surface area (Å²) in [6.45, 7) is 2.99. The van der Waals surface area contributed by atoms with Gasteiger partial charge in [0.1, 0.15) is 0 Å². The number of hydrogen-bond donors (Lipinski definition) is 0. The number of piperidine rings is 2. The number of nitrogens with zero attached hydrogens (tertiary/aromatic N) is 2. The lowest BCUT2D eigenvalue weighted by Crippen LogP contribution is -2.46. The Labute approximate surface area is 199 Å². The zero-order valence-corrected chi connectivity index (χ0v) is 19.7. The first-order chi connectivity index (χ1) is 16.2. The summed E-state index contributed by atoms with van der Waals surface area (Å²) in [5.41, 5.74) is 3.25. The maximum absolute atomic E-state index is 13.1. The van der Waals surface area contributed by atoms with Gasteiger partial charge in [0.25, 0.3) is 5.91 Å². The van der Waals surface area contributed by atoms with E-state index in [9.17, 15) is 9.59 Å². The van der Waals surface area contributed by atoms with E-state index in [1.54, 1.807) is 11.3 Å². The second-order valence-electron chi connectivity index (χ2n) is 9.13.